The van der Waals surface area contributed by atoms with Crippen LogP contribution in [0.25, 0.3) is 21.3 Å². The van der Waals surface area contributed by atoms with Crippen LogP contribution < -0.4 is 10.9 Å². The van der Waals surface area contributed by atoms with Crippen molar-refractivity contribution in [1.29, 1.82) is 0 Å². The average molecular weight is 407 g/mol. The first-order valence-corrected chi connectivity index (χ1v) is 9.90. The number of aryl methyl sites for hydroxylation is 2. The molecule has 146 valence electrons. The molecule has 4 rings (SSSR count). The number of thiophene rings is 1. The maximum Gasteiger partial charge on any atom is 0.271 e. The zero-order chi connectivity index (χ0) is 20.5. The lowest BCUT2D eigenvalue weighted by Crippen LogP contribution is -2.27. The van der Waals surface area contributed by atoms with E-state index >= 15 is 0 Å². The Kier molecular flexibility index (Phi) is 4.98. The van der Waals surface area contributed by atoms with Crippen LogP contribution in [0.15, 0.2) is 59.0 Å². The minimum absolute atomic E-state index is 0.126. The fourth-order valence-electron chi connectivity index (χ4n) is 3.10. The Balaban J connectivity index is 1.61. The highest BCUT2D eigenvalue weighted by Gasteiger charge is 2.14. The average Bonchev–Trinajstić information content (AvgIpc) is 3.12. The van der Waals surface area contributed by atoms with Crippen LogP contribution in [-0.2, 0) is 11.3 Å². The summed E-state index contributed by atoms with van der Waals surface area (Å²) in [6.45, 7) is 3.74. The summed E-state index contributed by atoms with van der Waals surface area (Å²) in [6, 6.07) is 11.9. The quantitative estimate of drug-likeness (QED) is 0.541. The molecule has 0 bridgehead atoms. The van der Waals surface area contributed by atoms with Gasteiger partial charge in [-0.05, 0) is 48.7 Å². The van der Waals surface area contributed by atoms with Gasteiger partial charge in [-0.3, -0.25) is 14.2 Å². The van der Waals surface area contributed by atoms with E-state index in [2.05, 4.69) is 10.3 Å². The van der Waals surface area contributed by atoms with Gasteiger partial charge in [-0.15, -0.1) is 11.3 Å². The van der Waals surface area contributed by atoms with Crippen molar-refractivity contribution in [2.75, 3.05) is 5.32 Å². The van der Waals surface area contributed by atoms with E-state index in [1.54, 1.807) is 12.1 Å². The van der Waals surface area contributed by atoms with Crippen LogP contribution >= 0.6 is 11.3 Å². The van der Waals surface area contributed by atoms with Gasteiger partial charge in [-0.2, -0.15) is 0 Å². The first-order valence-electron chi connectivity index (χ1n) is 9.02. The Morgan fingerprint density at radius 1 is 1.17 bits per heavy atom. The number of halogens is 1. The molecule has 0 radical (unpaired) electrons. The van der Waals surface area contributed by atoms with Crippen LogP contribution in [0, 0.1) is 19.7 Å². The monoisotopic (exact) mass is 407 g/mol. The highest BCUT2D eigenvalue weighted by Crippen LogP contribution is 2.30. The molecule has 7 heteroatoms. The molecule has 2 heterocycles. The van der Waals surface area contributed by atoms with Gasteiger partial charge >= 0.3 is 0 Å². The molecular weight excluding hydrogens is 389 g/mol. The predicted octanol–water partition coefficient (Wildman–Crippen LogP) is 4.52. The topological polar surface area (TPSA) is 64.0 Å². The van der Waals surface area contributed by atoms with Crippen molar-refractivity contribution in [3.8, 4) is 11.1 Å². The summed E-state index contributed by atoms with van der Waals surface area (Å²) in [5.74, 6) is -0.615. The molecule has 0 aliphatic heterocycles. The van der Waals surface area contributed by atoms with Crippen LogP contribution in [0.3, 0.4) is 0 Å². The summed E-state index contributed by atoms with van der Waals surface area (Å²) < 4.78 is 14.9. The summed E-state index contributed by atoms with van der Waals surface area (Å²) in [6.07, 6.45) is 1.38. The van der Waals surface area contributed by atoms with Gasteiger partial charge in [0.25, 0.3) is 5.56 Å². The van der Waals surface area contributed by atoms with Crippen molar-refractivity contribution in [1.82, 2.24) is 9.55 Å². The fourth-order valence-corrected chi connectivity index (χ4v) is 4.08. The van der Waals surface area contributed by atoms with Gasteiger partial charge in [-0.1, -0.05) is 24.3 Å². The molecule has 29 heavy (non-hydrogen) atoms. The number of hydrogen-bond acceptors (Lipinski definition) is 4. The smallest absolute Gasteiger partial charge is 0.271 e. The molecule has 0 fully saturated rings. The fraction of sp³-hybridized carbons (Fsp3) is 0.136. The van der Waals surface area contributed by atoms with Crippen LogP contribution in [-0.4, -0.2) is 15.5 Å². The van der Waals surface area contributed by atoms with Crippen LogP contribution in [0.1, 0.15) is 11.1 Å². The van der Waals surface area contributed by atoms with Crippen molar-refractivity contribution in [2.45, 2.75) is 20.4 Å². The normalized spacial score (nSPS) is 11.0. The van der Waals surface area contributed by atoms with Gasteiger partial charge in [-0.25, -0.2) is 9.37 Å². The Hall–Kier alpha value is -3.32. The minimum atomic E-state index is -0.321. The van der Waals surface area contributed by atoms with E-state index in [-0.39, 0.29) is 23.8 Å². The van der Waals surface area contributed by atoms with Crippen molar-refractivity contribution in [3.63, 3.8) is 0 Å². The molecular formula is C22H18FN3O2S. The van der Waals surface area contributed by atoms with Gasteiger partial charge in [0.15, 0.2) is 0 Å². The van der Waals surface area contributed by atoms with E-state index in [0.29, 0.717) is 10.2 Å². The summed E-state index contributed by atoms with van der Waals surface area (Å²) in [5.41, 5.74) is 4.56. The summed E-state index contributed by atoms with van der Waals surface area (Å²) >= 11 is 1.27. The standard InChI is InChI=1S/C22H18FN3O2S/c1-13-3-4-14(2)18(9-13)25-19(27)10-26-12-24-20-17(11-29-21(20)22(26)28)15-5-7-16(23)8-6-15/h3-9,11-12H,10H2,1-2H3,(H,25,27). The van der Waals surface area contributed by atoms with Gasteiger partial charge < -0.3 is 5.32 Å². The van der Waals surface area contributed by atoms with Crippen LogP contribution in [0.2, 0.25) is 0 Å². The number of fused-ring (bicyclic) bond motifs is 1. The molecule has 4 aromatic rings. The Labute approximate surface area is 170 Å². The van der Waals surface area contributed by atoms with Gasteiger partial charge in [0.05, 0.1) is 11.8 Å². The number of hydrogen-bond donors (Lipinski definition) is 1. The Morgan fingerprint density at radius 2 is 1.93 bits per heavy atom. The van der Waals surface area contributed by atoms with E-state index in [4.69, 9.17) is 0 Å². The number of amides is 1. The third-order valence-electron chi connectivity index (χ3n) is 4.68. The lowest BCUT2D eigenvalue weighted by atomic mass is 10.1. The molecule has 0 aliphatic carbocycles. The van der Waals surface area contributed by atoms with Crippen LogP contribution in [0.4, 0.5) is 10.1 Å². The molecule has 0 spiro atoms. The summed E-state index contributed by atoms with van der Waals surface area (Å²) in [7, 11) is 0. The molecule has 1 N–H and O–H groups in total. The number of nitrogens with one attached hydrogen (secondary N) is 1. The third kappa shape index (κ3) is 3.82. The van der Waals surface area contributed by atoms with E-state index in [1.165, 1.54) is 34.4 Å². The zero-order valence-electron chi connectivity index (χ0n) is 15.9. The predicted molar refractivity (Wildman–Crippen MR) is 114 cm³/mol. The van der Waals surface area contributed by atoms with Crippen molar-refractivity contribution in [3.05, 3.63) is 81.5 Å². The number of carbonyl (C=O) groups excluding carboxylic acids is 1. The van der Waals surface area contributed by atoms with Crippen molar-refractivity contribution < 1.29 is 9.18 Å². The Bertz CT molecular complexity index is 1280. The maximum atomic E-state index is 13.2. The molecule has 2 aromatic carbocycles. The van der Waals surface area contributed by atoms with Crippen molar-refractivity contribution in [2.24, 2.45) is 0 Å². The number of aromatic nitrogens is 2. The number of rotatable bonds is 4. The van der Waals surface area contributed by atoms with E-state index in [0.717, 1.165) is 27.9 Å². The lowest BCUT2D eigenvalue weighted by molar-refractivity contribution is -0.116. The molecule has 5 nitrogen and oxygen atoms in total. The maximum absolute atomic E-state index is 13.2. The largest absolute Gasteiger partial charge is 0.324 e. The van der Waals surface area contributed by atoms with E-state index in [1.807, 2.05) is 37.4 Å². The summed E-state index contributed by atoms with van der Waals surface area (Å²) in [5, 5.41) is 4.68. The molecule has 0 atom stereocenters. The Morgan fingerprint density at radius 3 is 2.69 bits per heavy atom. The molecule has 2 aromatic heterocycles. The number of nitrogens with zero attached hydrogens (tertiary/aromatic N) is 2. The zero-order valence-corrected chi connectivity index (χ0v) is 16.7. The molecule has 0 unspecified atom stereocenters. The van der Waals surface area contributed by atoms with E-state index < -0.39 is 0 Å². The van der Waals surface area contributed by atoms with E-state index in [9.17, 15) is 14.0 Å². The highest BCUT2D eigenvalue weighted by atomic mass is 32.1. The second-order valence-electron chi connectivity index (χ2n) is 6.88. The minimum Gasteiger partial charge on any atom is -0.324 e. The number of benzene rings is 2. The molecule has 0 aliphatic rings. The third-order valence-corrected chi connectivity index (χ3v) is 5.64. The second kappa shape index (κ2) is 7.60. The van der Waals surface area contributed by atoms with Gasteiger partial charge in [0, 0.05) is 16.6 Å². The molecule has 0 saturated heterocycles. The van der Waals surface area contributed by atoms with Crippen molar-refractivity contribution >= 4 is 33.1 Å². The molecule has 0 saturated carbocycles. The SMILES string of the molecule is Cc1ccc(C)c(NC(=O)Cn2cnc3c(-c4ccc(F)cc4)csc3c2=O)c1. The lowest BCUT2D eigenvalue weighted by Gasteiger charge is -2.10. The van der Waals surface area contributed by atoms with Gasteiger partial charge in [0.1, 0.15) is 17.1 Å². The second-order valence-corrected chi connectivity index (χ2v) is 7.76. The molecule has 1 amide bonds. The van der Waals surface area contributed by atoms with Gasteiger partial charge in [0.2, 0.25) is 5.91 Å². The number of anilines is 1. The number of carbonyl (C=O) groups is 1. The first-order chi connectivity index (χ1) is 13.9. The first kappa shape index (κ1) is 19.0. The highest BCUT2D eigenvalue weighted by molar-refractivity contribution is 7.17. The van der Waals surface area contributed by atoms with Crippen LogP contribution in [0.5, 0.6) is 0 Å². The summed E-state index contributed by atoms with van der Waals surface area (Å²) in [4.78, 5) is 29.7.